The van der Waals surface area contributed by atoms with Crippen molar-refractivity contribution >= 4 is 5.91 Å². The number of rotatable bonds is 5. The fraction of sp³-hybridized carbons (Fsp3) is 0.385. The summed E-state index contributed by atoms with van der Waals surface area (Å²) < 4.78 is 5.16. The molecule has 0 atom stereocenters. The first-order valence-corrected chi connectivity index (χ1v) is 6.00. The first-order valence-electron chi connectivity index (χ1n) is 6.00. The van der Waals surface area contributed by atoms with E-state index in [1.807, 2.05) is 6.07 Å². The first-order chi connectivity index (χ1) is 8.65. The lowest BCUT2D eigenvalue weighted by Crippen LogP contribution is -2.21. The Bertz CT molecular complexity index is 500. The van der Waals surface area contributed by atoms with Crippen LogP contribution in [0.25, 0.3) is 0 Å². The molecule has 2 heterocycles. The molecule has 5 nitrogen and oxygen atoms in total. The van der Waals surface area contributed by atoms with Gasteiger partial charge in [-0.25, -0.2) is 0 Å². The fourth-order valence-corrected chi connectivity index (χ4v) is 1.69. The van der Waals surface area contributed by atoms with Crippen molar-refractivity contribution in [1.82, 2.24) is 15.5 Å². The van der Waals surface area contributed by atoms with Crippen LogP contribution in [0.2, 0.25) is 0 Å². The number of H-pyrrole nitrogens is 1. The van der Waals surface area contributed by atoms with Crippen molar-refractivity contribution in [3.8, 4) is 0 Å². The SMILES string of the molecule is CC(C)Cc1cc(CNC(=O)c2cc[nH]c2)on1. The number of nitrogens with one attached hydrogen (secondary N) is 2. The number of carbonyl (C=O) groups is 1. The van der Waals surface area contributed by atoms with Gasteiger partial charge in [0.1, 0.15) is 0 Å². The van der Waals surface area contributed by atoms with Gasteiger partial charge in [-0.15, -0.1) is 0 Å². The molecule has 0 aliphatic rings. The molecule has 0 unspecified atom stereocenters. The maximum Gasteiger partial charge on any atom is 0.253 e. The molecule has 18 heavy (non-hydrogen) atoms. The molecule has 96 valence electrons. The second-order valence-electron chi connectivity index (χ2n) is 4.66. The summed E-state index contributed by atoms with van der Waals surface area (Å²) in [5.41, 5.74) is 1.54. The molecule has 0 aromatic carbocycles. The number of amides is 1. The van der Waals surface area contributed by atoms with E-state index in [4.69, 9.17) is 4.52 Å². The Hall–Kier alpha value is -2.04. The van der Waals surface area contributed by atoms with Crippen LogP contribution in [0.1, 0.15) is 35.7 Å². The Kier molecular flexibility index (Phi) is 3.82. The summed E-state index contributed by atoms with van der Waals surface area (Å²) in [5.74, 6) is 1.09. The zero-order valence-corrected chi connectivity index (χ0v) is 10.6. The number of carbonyl (C=O) groups excluding carboxylic acids is 1. The van der Waals surface area contributed by atoms with Crippen molar-refractivity contribution in [3.05, 3.63) is 41.5 Å². The van der Waals surface area contributed by atoms with E-state index in [-0.39, 0.29) is 5.91 Å². The molecule has 0 spiro atoms. The molecule has 0 saturated carbocycles. The highest BCUT2D eigenvalue weighted by Crippen LogP contribution is 2.09. The van der Waals surface area contributed by atoms with Gasteiger partial charge in [0.2, 0.25) is 0 Å². The topological polar surface area (TPSA) is 70.9 Å². The van der Waals surface area contributed by atoms with Gasteiger partial charge in [-0.3, -0.25) is 4.79 Å². The van der Waals surface area contributed by atoms with E-state index in [2.05, 4.69) is 29.3 Å². The van der Waals surface area contributed by atoms with E-state index in [0.29, 0.717) is 23.8 Å². The van der Waals surface area contributed by atoms with E-state index in [9.17, 15) is 4.79 Å². The summed E-state index contributed by atoms with van der Waals surface area (Å²) in [4.78, 5) is 14.5. The lowest BCUT2D eigenvalue weighted by Gasteiger charge is -1.99. The summed E-state index contributed by atoms with van der Waals surface area (Å²) in [6, 6.07) is 3.61. The third-order valence-electron chi connectivity index (χ3n) is 2.51. The van der Waals surface area contributed by atoms with Gasteiger partial charge in [0.25, 0.3) is 5.91 Å². The number of aromatic amines is 1. The number of nitrogens with zero attached hydrogens (tertiary/aromatic N) is 1. The van der Waals surface area contributed by atoms with Crippen molar-refractivity contribution in [2.75, 3.05) is 0 Å². The molecule has 0 bridgehead atoms. The van der Waals surface area contributed by atoms with Crippen molar-refractivity contribution < 1.29 is 9.32 Å². The van der Waals surface area contributed by atoms with Gasteiger partial charge in [-0.05, 0) is 18.4 Å². The minimum absolute atomic E-state index is 0.127. The zero-order valence-electron chi connectivity index (χ0n) is 10.6. The van der Waals surface area contributed by atoms with E-state index < -0.39 is 0 Å². The predicted octanol–water partition coefficient (Wildman–Crippen LogP) is 2.13. The summed E-state index contributed by atoms with van der Waals surface area (Å²) in [7, 11) is 0. The first kappa shape index (κ1) is 12.4. The van der Waals surface area contributed by atoms with E-state index >= 15 is 0 Å². The Balaban J connectivity index is 1.87. The largest absolute Gasteiger partial charge is 0.367 e. The molecule has 0 aliphatic heterocycles. The smallest absolute Gasteiger partial charge is 0.253 e. The lowest BCUT2D eigenvalue weighted by molar-refractivity contribution is 0.0947. The monoisotopic (exact) mass is 247 g/mol. The summed E-state index contributed by atoms with van der Waals surface area (Å²) in [6.45, 7) is 4.61. The second-order valence-corrected chi connectivity index (χ2v) is 4.66. The molecule has 0 radical (unpaired) electrons. The van der Waals surface area contributed by atoms with Gasteiger partial charge in [-0.1, -0.05) is 19.0 Å². The molecule has 5 heteroatoms. The van der Waals surface area contributed by atoms with Crippen LogP contribution in [0.3, 0.4) is 0 Å². The zero-order chi connectivity index (χ0) is 13.0. The Morgan fingerprint density at radius 2 is 2.39 bits per heavy atom. The average Bonchev–Trinajstić information content (AvgIpc) is 2.95. The highest BCUT2D eigenvalue weighted by atomic mass is 16.5. The van der Waals surface area contributed by atoms with Gasteiger partial charge >= 0.3 is 0 Å². The van der Waals surface area contributed by atoms with Crippen LogP contribution in [-0.2, 0) is 13.0 Å². The van der Waals surface area contributed by atoms with Gasteiger partial charge < -0.3 is 14.8 Å². The molecule has 0 saturated heterocycles. The second kappa shape index (κ2) is 5.53. The van der Waals surface area contributed by atoms with Gasteiger partial charge in [-0.2, -0.15) is 0 Å². The molecule has 2 rings (SSSR count). The minimum atomic E-state index is -0.127. The third kappa shape index (κ3) is 3.23. The molecule has 1 amide bonds. The number of aromatic nitrogens is 2. The minimum Gasteiger partial charge on any atom is -0.367 e. The fourth-order valence-electron chi connectivity index (χ4n) is 1.69. The quantitative estimate of drug-likeness (QED) is 0.850. The standard InChI is InChI=1S/C13H17N3O2/c1-9(2)5-11-6-12(18-16-11)8-15-13(17)10-3-4-14-7-10/h3-4,6-7,9,14H,5,8H2,1-2H3,(H,15,17). The normalized spacial score (nSPS) is 10.8. The van der Waals surface area contributed by atoms with Gasteiger partial charge in [0.15, 0.2) is 5.76 Å². The van der Waals surface area contributed by atoms with Crippen LogP contribution in [0.5, 0.6) is 0 Å². The Morgan fingerprint density at radius 1 is 1.56 bits per heavy atom. The van der Waals surface area contributed by atoms with Crippen LogP contribution in [0.15, 0.2) is 29.0 Å². The van der Waals surface area contributed by atoms with E-state index in [1.54, 1.807) is 18.5 Å². The molecular formula is C13H17N3O2. The van der Waals surface area contributed by atoms with E-state index in [0.717, 1.165) is 12.1 Å². The molecular weight excluding hydrogens is 230 g/mol. The van der Waals surface area contributed by atoms with Crippen molar-refractivity contribution in [1.29, 1.82) is 0 Å². The van der Waals surface area contributed by atoms with Gasteiger partial charge in [0.05, 0.1) is 17.8 Å². The van der Waals surface area contributed by atoms with Crippen LogP contribution < -0.4 is 5.32 Å². The van der Waals surface area contributed by atoms with Gasteiger partial charge in [0, 0.05) is 18.5 Å². The third-order valence-corrected chi connectivity index (χ3v) is 2.51. The highest BCUT2D eigenvalue weighted by molar-refractivity contribution is 5.93. The molecule has 2 aromatic rings. The van der Waals surface area contributed by atoms with Crippen LogP contribution in [0.4, 0.5) is 0 Å². The van der Waals surface area contributed by atoms with E-state index in [1.165, 1.54) is 0 Å². The van der Waals surface area contributed by atoms with Crippen LogP contribution in [0, 0.1) is 5.92 Å². The summed E-state index contributed by atoms with van der Waals surface area (Å²) >= 11 is 0. The molecule has 0 aliphatic carbocycles. The van der Waals surface area contributed by atoms with Crippen molar-refractivity contribution in [3.63, 3.8) is 0 Å². The molecule has 2 aromatic heterocycles. The maximum absolute atomic E-state index is 11.7. The summed E-state index contributed by atoms with van der Waals surface area (Å²) in [6.07, 6.45) is 4.25. The van der Waals surface area contributed by atoms with Crippen molar-refractivity contribution in [2.24, 2.45) is 5.92 Å². The Labute approximate surface area is 106 Å². The average molecular weight is 247 g/mol. The number of hydrogen-bond donors (Lipinski definition) is 2. The maximum atomic E-state index is 11.7. The van der Waals surface area contributed by atoms with Crippen LogP contribution >= 0.6 is 0 Å². The number of hydrogen-bond acceptors (Lipinski definition) is 3. The van der Waals surface area contributed by atoms with Crippen molar-refractivity contribution in [2.45, 2.75) is 26.8 Å². The van der Waals surface area contributed by atoms with Crippen LogP contribution in [-0.4, -0.2) is 16.0 Å². The predicted molar refractivity (Wildman–Crippen MR) is 67.0 cm³/mol. The molecule has 2 N–H and O–H groups in total. The summed E-state index contributed by atoms with van der Waals surface area (Å²) in [5, 5.41) is 6.74. The lowest BCUT2D eigenvalue weighted by atomic mass is 10.1. The Morgan fingerprint density at radius 3 is 3.06 bits per heavy atom. The highest BCUT2D eigenvalue weighted by Gasteiger charge is 2.09. The molecule has 0 fully saturated rings.